The van der Waals surface area contributed by atoms with Crippen molar-refractivity contribution in [2.75, 3.05) is 0 Å². The Bertz CT molecular complexity index is 366. The molecule has 0 aliphatic rings. The van der Waals surface area contributed by atoms with E-state index in [1.54, 1.807) is 6.07 Å². The van der Waals surface area contributed by atoms with Gasteiger partial charge in [0.15, 0.2) is 0 Å². The van der Waals surface area contributed by atoms with Gasteiger partial charge in [0.25, 0.3) is 5.69 Å². The Hall–Kier alpha value is -1.09. The Morgan fingerprint density at radius 2 is 2.19 bits per heavy atom. The summed E-state index contributed by atoms with van der Waals surface area (Å²) in [5.74, 6) is 0. The lowest BCUT2D eigenvalue weighted by Crippen LogP contribution is -1.90. The van der Waals surface area contributed by atoms with Crippen LogP contribution in [0.15, 0.2) is 18.2 Å². The highest BCUT2D eigenvalue weighted by molar-refractivity contribution is 6.31. The van der Waals surface area contributed by atoms with Gasteiger partial charge < -0.3 is 0 Å². The quantitative estimate of drug-likeness (QED) is 0.421. The first-order valence-corrected chi connectivity index (χ1v) is 5.80. The molecule has 0 aliphatic heterocycles. The van der Waals surface area contributed by atoms with E-state index in [0.29, 0.717) is 5.02 Å². The van der Waals surface area contributed by atoms with Crippen LogP contribution in [0.1, 0.15) is 38.2 Å². The fraction of sp³-hybridized carbons (Fsp3) is 0.417. The number of non-ortho nitro benzene ring substituents is 1. The number of rotatable bonds is 6. The fourth-order valence-electron chi connectivity index (χ4n) is 1.45. The maximum Gasteiger partial charge on any atom is 0.270 e. The molecule has 1 aromatic rings. The third-order valence-electron chi connectivity index (χ3n) is 2.37. The van der Waals surface area contributed by atoms with Gasteiger partial charge in [-0.15, -0.1) is 0 Å². The molecule has 4 heteroatoms. The maximum absolute atomic E-state index is 10.5. The SMILES string of the molecule is CCCCC[CH]c1ccc([N+](=O)[O-])cc1Cl. The number of unbranched alkanes of at least 4 members (excludes halogenated alkanes) is 3. The Morgan fingerprint density at radius 1 is 1.44 bits per heavy atom. The zero-order chi connectivity index (χ0) is 12.0. The molecule has 1 aromatic carbocycles. The molecule has 0 fully saturated rings. The van der Waals surface area contributed by atoms with Crippen molar-refractivity contribution in [1.82, 2.24) is 0 Å². The molecule has 0 spiro atoms. The summed E-state index contributed by atoms with van der Waals surface area (Å²) in [7, 11) is 0. The van der Waals surface area contributed by atoms with Gasteiger partial charge in [-0.2, -0.15) is 0 Å². The molecule has 87 valence electrons. The third kappa shape index (κ3) is 3.81. The van der Waals surface area contributed by atoms with E-state index >= 15 is 0 Å². The molecule has 0 heterocycles. The van der Waals surface area contributed by atoms with Crippen molar-refractivity contribution < 1.29 is 4.92 Å². The van der Waals surface area contributed by atoms with Gasteiger partial charge in [-0.1, -0.05) is 43.9 Å². The molecule has 1 radical (unpaired) electrons. The number of benzene rings is 1. The molecule has 0 unspecified atom stereocenters. The van der Waals surface area contributed by atoms with Crippen LogP contribution in [0.2, 0.25) is 5.02 Å². The van der Waals surface area contributed by atoms with Crippen LogP contribution < -0.4 is 0 Å². The number of nitro benzene ring substituents is 1. The van der Waals surface area contributed by atoms with Gasteiger partial charge in [-0.05, 0) is 18.4 Å². The molecule has 0 saturated carbocycles. The van der Waals surface area contributed by atoms with Gasteiger partial charge in [0.2, 0.25) is 0 Å². The van der Waals surface area contributed by atoms with Crippen LogP contribution in [-0.4, -0.2) is 4.92 Å². The first kappa shape index (κ1) is 13.0. The topological polar surface area (TPSA) is 43.1 Å². The first-order valence-electron chi connectivity index (χ1n) is 5.42. The van der Waals surface area contributed by atoms with Crippen LogP contribution in [0.3, 0.4) is 0 Å². The predicted molar refractivity (Wildman–Crippen MR) is 65.7 cm³/mol. The monoisotopic (exact) mass is 240 g/mol. The molecule has 0 saturated heterocycles. The molecule has 0 aliphatic carbocycles. The van der Waals surface area contributed by atoms with Crippen molar-refractivity contribution in [1.29, 1.82) is 0 Å². The largest absolute Gasteiger partial charge is 0.270 e. The number of nitro groups is 1. The van der Waals surface area contributed by atoms with Gasteiger partial charge in [-0.25, -0.2) is 0 Å². The van der Waals surface area contributed by atoms with E-state index in [2.05, 4.69) is 6.92 Å². The van der Waals surface area contributed by atoms with Crippen LogP contribution in [0.5, 0.6) is 0 Å². The average Bonchev–Trinajstić information content (AvgIpc) is 2.26. The zero-order valence-corrected chi connectivity index (χ0v) is 10.0. The van der Waals surface area contributed by atoms with E-state index in [9.17, 15) is 10.1 Å². The maximum atomic E-state index is 10.5. The second-order valence-electron chi connectivity index (χ2n) is 3.66. The van der Waals surface area contributed by atoms with Crippen molar-refractivity contribution in [3.8, 4) is 0 Å². The smallest absolute Gasteiger partial charge is 0.258 e. The van der Waals surface area contributed by atoms with E-state index in [1.807, 2.05) is 6.42 Å². The summed E-state index contributed by atoms with van der Waals surface area (Å²) in [6.45, 7) is 2.15. The van der Waals surface area contributed by atoms with Gasteiger partial charge in [0.1, 0.15) is 0 Å². The van der Waals surface area contributed by atoms with Crippen molar-refractivity contribution in [3.63, 3.8) is 0 Å². The number of hydrogen-bond donors (Lipinski definition) is 0. The highest BCUT2D eigenvalue weighted by Gasteiger charge is 2.08. The molecule has 0 N–H and O–H groups in total. The molecule has 3 nitrogen and oxygen atoms in total. The van der Waals surface area contributed by atoms with E-state index in [0.717, 1.165) is 18.4 Å². The summed E-state index contributed by atoms with van der Waals surface area (Å²) >= 11 is 5.95. The molecular formula is C12H15ClNO2. The lowest BCUT2D eigenvalue weighted by atomic mass is 10.1. The van der Waals surface area contributed by atoms with Crippen LogP contribution in [0, 0.1) is 16.5 Å². The van der Waals surface area contributed by atoms with Crippen LogP contribution >= 0.6 is 11.6 Å². The second-order valence-corrected chi connectivity index (χ2v) is 4.07. The predicted octanol–water partition coefficient (Wildman–Crippen LogP) is 4.38. The standard InChI is InChI=1S/C12H15ClNO2/c1-2-3-4-5-6-10-7-8-11(14(15)16)9-12(10)13/h6-9H,2-5H2,1H3. The molecule has 0 amide bonds. The Labute approximate surface area is 101 Å². The second kappa shape index (κ2) is 6.48. The van der Waals surface area contributed by atoms with Gasteiger partial charge in [0.05, 0.1) is 9.95 Å². The van der Waals surface area contributed by atoms with Crippen molar-refractivity contribution in [2.24, 2.45) is 0 Å². The molecule has 0 bridgehead atoms. The minimum absolute atomic E-state index is 0.0377. The van der Waals surface area contributed by atoms with Crippen molar-refractivity contribution in [3.05, 3.63) is 45.3 Å². The molecule has 0 aromatic heterocycles. The highest BCUT2D eigenvalue weighted by atomic mass is 35.5. The van der Waals surface area contributed by atoms with Crippen LogP contribution in [0.25, 0.3) is 0 Å². The van der Waals surface area contributed by atoms with E-state index < -0.39 is 4.92 Å². The minimum atomic E-state index is -0.438. The first-order chi connectivity index (χ1) is 7.65. The molecule has 1 rings (SSSR count). The summed E-state index contributed by atoms with van der Waals surface area (Å²) in [5.41, 5.74) is 0.916. The number of halogens is 1. The van der Waals surface area contributed by atoms with Gasteiger partial charge >= 0.3 is 0 Å². The lowest BCUT2D eigenvalue weighted by molar-refractivity contribution is -0.384. The highest BCUT2D eigenvalue weighted by Crippen LogP contribution is 2.24. The Kier molecular flexibility index (Phi) is 5.26. The zero-order valence-electron chi connectivity index (χ0n) is 9.28. The van der Waals surface area contributed by atoms with Crippen molar-refractivity contribution in [2.45, 2.75) is 32.6 Å². The molecule has 0 atom stereocenters. The van der Waals surface area contributed by atoms with Crippen molar-refractivity contribution >= 4 is 17.3 Å². The summed E-state index contributed by atoms with van der Waals surface area (Å²) in [6, 6.07) is 4.58. The Balaban J connectivity index is 2.57. The summed E-state index contributed by atoms with van der Waals surface area (Å²) in [4.78, 5) is 10.1. The summed E-state index contributed by atoms with van der Waals surface area (Å²) in [6.07, 6.45) is 6.50. The van der Waals surface area contributed by atoms with E-state index in [-0.39, 0.29) is 5.69 Å². The molecular weight excluding hydrogens is 226 g/mol. The lowest BCUT2D eigenvalue weighted by Gasteiger charge is -2.03. The van der Waals surface area contributed by atoms with Gasteiger partial charge in [0, 0.05) is 12.1 Å². The fourth-order valence-corrected chi connectivity index (χ4v) is 1.70. The summed E-state index contributed by atoms with van der Waals surface area (Å²) in [5, 5.41) is 11.0. The number of hydrogen-bond acceptors (Lipinski definition) is 2. The van der Waals surface area contributed by atoms with Crippen LogP contribution in [0.4, 0.5) is 5.69 Å². The minimum Gasteiger partial charge on any atom is -0.258 e. The van der Waals surface area contributed by atoms with E-state index in [1.165, 1.54) is 25.0 Å². The summed E-state index contributed by atoms with van der Waals surface area (Å²) < 4.78 is 0. The van der Waals surface area contributed by atoms with Gasteiger partial charge in [-0.3, -0.25) is 10.1 Å². The third-order valence-corrected chi connectivity index (χ3v) is 2.69. The van der Waals surface area contributed by atoms with Crippen LogP contribution in [-0.2, 0) is 0 Å². The normalized spacial score (nSPS) is 10.4. The average molecular weight is 241 g/mol. The van der Waals surface area contributed by atoms with E-state index in [4.69, 9.17) is 11.6 Å². The number of nitrogens with zero attached hydrogens (tertiary/aromatic N) is 1. The molecule has 16 heavy (non-hydrogen) atoms. The Morgan fingerprint density at radius 3 is 2.75 bits per heavy atom.